The van der Waals surface area contributed by atoms with Crippen molar-refractivity contribution >= 4 is 17.4 Å². The highest BCUT2D eigenvalue weighted by Gasteiger charge is 2.40. The van der Waals surface area contributed by atoms with Crippen molar-refractivity contribution in [3.05, 3.63) is 70.2 Å². The van der Waals surface area contributed by atoms with Crippen LogP contribution in [0.5, 0.6) is 0 Å². The highest BCUT2D eigenvalue weighted by molar-refractivity contribution is 6.31. The normalized spacial score (nSPS) is 19.1. The molecule has 4 nitrogen and oxygen atoms in total. The molecule has 2 atom stereocenters. The second-order valence-electron chi connectivity index (χ2n) is 7.77. The van der Waals surface area contributed by atoms with Crippen molar-refractivity contribution in [2.75, 3.05) is 13.1 Å². The number of likely N-dealkylation sites (tertiary alicyclic amines) is 1. The lowest BCUT2D eigenvalue weighted by atomic mass is 9.83. The van der Waals surface area contributed by atoms with Gasteiger partial charge < -0.3 is 10.8 Å². The molecule has 0 saturated carbocycles. The molecule has 0 amide bonds. The van der Waals surface area contributed by atoms with E-state index in [0.29, 0.717) is 5.56 Å². The van der Waals surface area contributed by atoms with Gasteiger partial charge in [-0.3, -0.25) is 9.69 Å². The van der Waals surface area contributed by atoms with Crippen LogP contribution in [0.2, 0.25) is 5.02 Å². The molecule has 0 aromatic heterocycles. The van der Waals surface area contributed by atoms with E-state index in [1.165, 1.54) is 11.0 Å². The van der Waals surface area contributed by atoms with E-state index in [1.54, 1.807) is 30.3 Å². The molecule has 31 heavy (non-hydrogen) atoms. The second kappa shape index (κ2) is 9.24. The molecule has 2 aromatic carbocycles. The Morgan fingerprint density at radius 2 is 1.77 bits per heavy atom. The summed E-state index contributed by atoms with van der Waals surface area (Å²) >= 11 is 5.65. The molecule has 168 valence electrons. The summed E-state index contributed by atoms with van der Waals surface area (Å²) in [6.45, 7) is 0.210. The van der Waals surface area contributed by atoms with Crippen LogP contribution in [0.1, 0.15) is 40.7 Å². The molecule has 0 aliphatic carbocycles. The van der Waals surface area contributed by atoms with Crippen LogP contribution in [0, 0.1) is 0 Å². The number of carbonyl (C=O) groups excluding carboxylic acids is 1. The number of carbonyl (C=O) groups is 1. The van der Waals surface area contributed by atoms with E-state index in [0.717, 1.165) is 12.1 Å². The number of nitrogens with two attached hydrogens (primary N) is 1. The van der Waals surface area contributed by atoms with Crippen molar-refractivity contribution < 1.29 is 27.5 Å². The van der Waals surface area contributed by atoms with Gasteiger partial charge in [0.15, 0.2) is 12.1 Å². The summed E-state index contributed by atoms with van der Waals surface area (Å²) in [5.74, 6) is -0.363. The summed E-state index contributed by atoms with van der Waals surface area (Å²) in [4.78, 5) is 13.8. The maximum Gasteiger partial charge on any atom is 0.417 e. The highest BCUT2D eigenvalue weighted by Crippen LogP contribution is 2.40. The molecule has 1 fully saturated rings. The average Bonchev–Trinajstić information content (AvgIpc) is 2.73. The van der Waals surface area contributed by atoms with Crippen LogP contribution in [0.15, 0.2) is 48.5 Å². The van der Waals surface area contributed by atoms with Gasteiger partial charge in [-0.25, -0.2) is 4.39 Å². The number of halogens is 5. The molecule has 2 aromatic rings. The van der Waals surface area contributed by atoms with Gasteiger partial charge in [0.1, 0.15) is 0 Å². The number of nitrogens with zero attached hydrogens (tertiary/aromatic N) is 1. The van der Waals surface area contributed by atoms with Gasteiger partial charge >= 0.3 is 6.18 Å². The van der Waals surface area contributed by atoms with E-state index in [2.05, 4.69) is 0 Å². The maximum atomic E-state index is 14.8. The second-order valence-corrected chi connectivity index (χ2v) is 8.17. The van der Waals surface area contributed by atoms with Gasteiger partial charge in [-0.1, -0.05) is 48.0 Å². The van der Waals surface area contributed by atoms with E-state index >= 15 is 0 Å². The number of benzene rings is 2. The molecule has 0 bridgehead atoms. The van der Waals surface area contributed by atoms with Crippen molar-refractivity contribution in [1.82, 2.24) is 4.90 Å². The molecule has 1 saturated heterocycles. The Hall–Kier alpha value is -2.00. The van der Waals surface area contributed by atoms with Crippen LogP contribution in [0.4, 0.5) is 17.6 Å². The molecule has 0 spiro atoms. The maximum absolute atomic E-state index is 14.8. The van der Waals surface area contributed by atoms with E-state index in [-0.39, 0.29) is 43.7 Å². The summed E-state index contributed by atoms with van der Waals surface area (Å²) < 4.78 is 54.2. The molecule has 0 radical (unpaired) electrons. The van der Waals surface area contributed by atoms with Crippen molar-refractivity contribution in [2.24, 2.45) is 5.73 Å². The number of Topliss-reactive ketones (excluding diaryl/α,β-unsaturated/α-hetero) is 1. The van der Waals surface area contributed by atoms with Crippen molar-refractivity contribution in [2.45, 2.75) is 43.4 Å². The fraction of sp³-hybridized carbons (Fsp3) is 0.409. The lowest BCUT2D eigenvalue weighted by Gasteiger charge is -2.40. The van der Waals surface area contributed by atoms with Crippen LogP contribution in [-0.4, -0.2) is 41.2 Å². The Morgan fingerprint density at radius 3 is 2.35 bits per heavy atom. The van der Waals surface area contributed by atoms with Gasteiger partial charge in [-0.05, 0) is 30.5 Å². The number of aliphatic hydroxyl groups is 1. The lowest BCUT2D eigenvalue weighted by molar-refractivity contribution is -0.137. The third-order valence-electron chi connectivity index (χ3n) is 5.67. The predicted octanol–water partition coefficient (Wildman–Crippen LogP) is 4.54. The zero-order valence-electron chi connectivity index (χ0n) is 16.6. The first kappa shape index (κ1) is 23.7. The van der Waals surface area contributed by atoms with Crippen LogP contribution >= 0.6 is 11.6 Å². The number of hydrogen-bond acceptors (Lipinski definition) is 4. The molecule has 1 aliphatic rings. The van der Waals surface area contributed by atoms with Gasteiger partial charge in [0.2, 0.25) is 0 Å². The Bertz CT molecular complexity index is 915. The summed E-state index contributed by atoms with van der Waals surface area (Å²) in [5, 5.41) is 10.5. The Kier molecular flexibility index (Phi) is 7.05. The van der Waals surface area contributed by atoms with Crippen LogP contribution in [0.3, 0.4) is 0 Å². The summed E-state index contributed by atoms with van der Waals surface area (Å²) in [7, 11) is 0. The predicted molar refractivity (Wildman–Crippen MR) is 109 cm³/mol. The summed E-state index contributed by atoms with van der Waals surface area (Å²) in [6, 6.07) is 10.6. The molecular weight excluding hydrogens is 436 g/mol. The summed E-state index contributed by atoms with van der Waals surface area (Å²) in [6.07, 6.45) is -6.30. The van der Waals surface area contributed by atoms with Crippen LogP contribution < -0.4 is 5.73 Å². The van der Waals surface area contributed by atoms with Crippen molar-refractivity contribution in [3.8, 4) is 0 Å². The van der Waals surface area contributed by atoms with Gasteiger partial charge in [-0.15, -0.1) is 0 Å². The Labute approximate surface area is 182 Å². The number of rotatable bonds is 6. The number of hydrogen-bond donors (Lipinski definition) is 2. The van der Waals surface area contributed by atoms with Gasteiger partial charge in [-0.2, -0.15) is 13.2 Å². The van der Waals surface area contributed by atoms with Gasteiger partial charge in [0, 0.05) is 25.1 Å². The number of piperidine rings is 1. The molecule has 1 heterocycles. The number of ketones is 1. The lowest BCUT2D eigenvalue weighted by Crippen LogP contribution is -2.48. The SMILES string of the molecule is NC(CC(F)N1CCC(O)(c2ccc(Cl)c(C(F)(F)F)c2)CC1)C(=O)c1ccccc1. The first-order chi connectivity index (χ1) is 14.5. The first-order valence-electron chi connectivity index (χ1n) is 9.84. The Balaban J connectivity index is 1.63. The van der Waals surface area contributed by atoms with E-state index < -0.39 is 34.7 Å². The van der Waals surface area contributed by atoms with Crippen molar-refractivity contribution in [3.63, 3.8) is 0 Å². The van der Waals surface area contributed by atoms with Gasteiger partial charge in [0.05, 0.1) is 22.2 Å². The van der Waals surface area contributed by atoms with Crippen LogP contribution in [-0.2, 0) is 11.8 Å². The summed E-state index contributed by atoms with van der Waals surface area (Å²) in [5.41, 5.74) is 3.84. The number of alkyl halides is 4. The Morgan fingerprint density at radius 1 is 1.16 bits per heavy atom. The molecule has 3 rings (SSSR count). The largest absolute Gasteiger partial charge is 0.417 e. The van der Waals surface area contributed by atoms with Gasteiger partial charge in [0.25, 0.3) is 0 Å². The highest BCUT2D eigenvalue weighted by atomic mass is 35.5. The fourth-order valence-corrected chi connectivity index (χ4v) is 4.00. The van der Waals surface area contributed by atoms with Crippen molar-refractivity contribution in [1.29, 1.82) is 0 Å². The first-order valence-corrected chi connectivity index (χ1v) is 10.2. The quantitative estimate of drug-likeness (QED) is 0.379. The standard InChI is InChI=1S/C22H23ClF4N2O2/c23-17-7-6-15(12-16(17)22(25,26)27)21(31)8-10-29(11-9-21)19(24)13-18(28)20(30)14-4-2-1-3-5-14/h1-7,12,18-19,31H,8-11,13,28H2. The smallest absolute Gasteiger partial charge is 0.385 e. The minimum Gasteiger partial charge on any atom is -0.385 e. The van der Waals surface area contributed by atoms with Crippen LogP contribution in [0.25, 0.3) is 0 Å². The molecule has 9 heteroatoms. The minimum atomic E-state index is -4.64. The minimum absolute atomic E-state index is 0.0359. The average molecular weight is 459 g/mol. The third-order valence-corrected chi connectivity index (χ3v) is 6.00. The topological polar surface area (TPSA) is 66.6 Å². The molecule has 1 aliphatic heterocycles. The monoisotopic (exact) mass is 458 g/mol. The zero-order chi connectivity index (χ0) is 22.8. The fourth-order valence-electron chi connectivity index (χ4n) is 3.78. The zero-order valence-corrected chi connectivity index (χ0v) is 17.3. The van der Waals surface area contributed by atoms with E-state index in [1.807, 2.05) is 0 Å². The molecule has 2 unspecified atom stereocenters. The molecule has 3 N–H and O–H groups in total. The molecular formula is C22H23ClF4N2O2. The third kappa shape index (κ3) is 5.44. The van der Waals surface area contributed by atoms with E-state index in [4.69, 9.17) is 17.3 Å². The van der Waals surface area contributed by atoms with E-state index in [9.17, 15) is 27.5 Å².